The number of halogens is 3. The van der Waals surface area contributed by atoms with Crippen molar-refractivity contribution in [3.8, 4) is 0 Å². The van der Waals surface area contributed by atoms with Crippen LogP contribution < -0.4 is 5.32 Å². The third-order valence-electron chi connectivity index (χ3n) is 3.11. The fraction of sp³-hybridized carbons (Fsp3) is 0.125. The maximum Gasteiger partial charge on any atom is 0.433 e. The van der Waals surface area contributed by atoms with Gasteiger partial charge in [0.05, 0.1) is 5.57 Å². The Kier molecular flexibility index (Phi) is 4.68. The van der Waals surface area contributed by atoms with E-state index < -0.39 is 17.8 Å². The Morgan fingerprint density at radius 3 is 2.43 bits per heavy atom. The van der Waals surface area contributed by atoms with Crippen LogP contribution in [-0.4, -0.2) is 16.1 Å². The van der Waals surface area contributed by atoms with Crippen molar-refractivity contribution in [3.05, 3.63) is 65.6 Å². The smallest absolute Gasteiger partial charge is 0.433 e. The Morgan fingerprint density at radius 2 is 1.91 bits per heavy atom. The van der Waals surface area contributed by atoms with E-state index in [1.165, 1.54) is 6.20 Å². The minimum absolute atomic E-state index is 0.0755. The maximum absolute atomic E-state index is 12.5. The Hall–Kier alpha value is -2.83. The molecule has 0 aliphatic carbocycles. The summed E-state index contributed by atoms with van der Waals surface area (Å²) in [6.45, 7) is 1.84. The highest BCUT2D eigenvalue weighted by Crippen LogP contribution is 2.28. The van der Waals surface area contributed by atoms with Crippen molar-refractivity contribution in [2.75, 3.05) is 5.32 Å². The second-order valence-electron chi connectivity index (χ2n) is 4.75. The number of benzene rings is 1. The molecule has 2 aromatic rings. The van der Waals surface area contributed by atoms with Crippen molar-refractivity contribution in [2.45, 2.75) is 13.1 Å². The number of pyridine rings is 1. The molecule has 0 saturated heterocycles. The molecule has 2 rings (SSSR count). The lowest BCUT2D eigenvalue weighted by molar-refractivity contribution is -0.141. The van der Waals surface area contributed by atoms with Gasteiger partial charge in [0.1, 0.15) is 5.69 Å². The Balaban J connectivity index is 2.30. The molecule has 0 aliphatic rings. The van der Waals surface area contributed by atoms with E-state index in [0.717, 1.165) is 23.9 Å². The summed E-state index contributed by atoms with van der Waals surface area (Å²) in [6, 6.07) is 9.05. The summed E-state index contributed by atoms with van der Waals surface area (Å²) < 4.78 is 37.5. The summed E-state index contributed by atoms with van der Waals surface area (Å²) in [6.07, 6.45) is -2.44. The van der Waals surface area contributed by atoms with Gasteiger partial charge in [0.15, 0.2) is 0 Å². The minimum atomic E-state index is -4.56. The predicted molar refractivity (Wildman–Crippen MR) is 79.7 cm³/mol. The first kappa shape index (κ1) is 16.5. The molecule has 0 fully saturated rings. The van der Waals surface area contributed by atoms with Crippen LogP contribution >= 0.6 is 0 Å². The van der Waals surface area contributed by atoms with Crippen LogP contribution in [0.2, 0.25) is 0 Å². The molecule has 2 N–H and O–H groups in total. The summed E-state index contributed by atoms with van der Waals surface area (Å²) in [5.74, 6) is -1.27. The van der Waals surface area contributed by atoms with Crippen LogP contribution in [0.15, 0.2) is 48.8 Å². The number of aliphatic carboxylic acids is 1. The number of carbonyl (C=O) groups is 1. The maximum atomic E-state index is 12.5. The normalized spacial score (nSPS) is 12.1. The SMILES string of the molecule is Cc1ccccc1NC=C(C(=O)O)c1ccc(C(F)(F)F)nc1. The lowest BCUT2D eigenvalue weighted by Crippen LogP contribution is -2.09. The Morgan fingerprint density at radius 1 is 1.22 bits per heavy atom. The number of para-hydroxylation sites is 1. The quantitative estimate of drug-likeness (QED) is 0.837. The van der Waals surface area contributed by atoms with Crippen molar-refractivity contribution < 1.29 is 23.1 Å². The highest BCUT2D eigenvalue weighted by atomic mass is 19.4. The van der Waals surface area contributed by atoms with Gasteiger partial charge in [0, 0.05) is 23.6 Å². The van der Waals surface area contributed by atoms with E-state index in [1.54, 1.807) is 12.1 Å². The van der Waals surface area contributed by atoms with Crippen molar-refractivity contribution >= 4 is 17.2 Å². The summed E-state index contributed by atoms with van der Waals surface area (Å²) in [5.41, 5.74) is 0.420. The largest absolute Gasteiger partial charge is 0.478 e. The van der Waals surface area contributed by atoms with E-state index in [2.05, 4.69) is 10.3 Å². The van der Waals surface area contributed by atoms with Crippen LogP contribution in [0.3, 0.4) is 0 Å². The number of carboxylic acid groups (broad SMARTS) is 1. The summed E-state index contributed by atoms with van der Waals surface area (Å²) >= 11 is 0. The van der Waals surface area contributed by atoms with Gasteiger partial charge in [-0.05, 0) is 24.6 Å². The first-order valence-corrected chi connectivity index (χ1v) is 6.58. The molecule has 0 bridgehead atoms. The average molecular weight is 322 g/mol. The van der Waals surface area contributed by atoms with Crippen LogP contribution in [-0.2, 0) is 11.0 Å². The number of nitrogens with zero attached hydrogens (tertiary/aromatic N) is 1. The highest BCUT2D eigenvalue weighted by Gasteiger charge is 2.32. The van der Waals surface area contributed by atoms with E-state index in [9.17, 15) is 23.1 Å². The molecule has 1 heterocycles. The zero-order valence-electron chi connectivity index (χ0n) is 12.1. The van der Waals surface area contributed by atoms with Crippen LogP contribution in [0.5, 0.6) is 0 Å². The third kappa shape index (κ3) is 4.09. The number of nitrogens with one attached hydrogen (secondary N) is 1. The molecule has 0 radical (unpaired) electrons. The second kappa shape index (κ2) is 6.51. The fourth-order valence-corrected chi connectivity index (χ4v) is 1.87. The summed E-state index contributed by atoms with van der Waals surface area (Å²) in [7, 11) is 0. The molecule has 0 saturated carbocycles. The van der Waals surface area contributed by atoms with Gasteiger partial charge >= 0.3 is 12.1 Å². The second-order valence-corrected chi connectivity index (χ2v) is 4.75. The molecule has 0 atom stereocenters. The molecule has 23 heavy (non-hydrogen) atoms. The van der Waals surface area contributed by atoms with Gasteiger partial charge in [0.25, 0.3) is 0 Å². The predicted octanol–water partition coefficient (Wildman–Crippen LogP) is 3.95. The number of alkyl halides is 3. The number of rotatable bonds is 4. The topological polar surface area (TPSA) is 62.2 Å². The molecule has 0 unspecified atom stereocenters. The van der Waals surface area contributed by atoms with Crippen molar-refractivity contribution in [3.63, 3.8) is 0 Å². The van der Waals surface area contributed by atoms with Crippen LogP contribution in [0, 0.1) is 6.92 Å². The zero-order valence-corrected chi connectivity index (χ0v) is 12.1. The summed E-state index contributed by atoms with van der Waals surface area (Å²) in [4.78, 5) is 14.6. The molecule has 0 spiro atoms. The zero-order chi connectivity index (χ0) is 17.0. The van der Waals surface area contributed by atoms with Gasteiger partial charge in [-0.3, -0.25) is 4.98 Å². The number of hydrogen-bond donors (Lipinski definition) is 2. The van der Waals surface area contributed by atoms with Crippen molar-refractivity contribution in [1.82, 2.24) is 4.98 Å². The molecular formula is C16H13F3N2O2. The number of aryl methyl sites for hydroxylation is 1. The standard InChI is InChI=1S/C16H13F3N2O2/c1-10-4-2-3-5-13(10)20-9-12(15(22)23)11-6-7-14(21-8-11)16(17,18)19/h2-9,20H,1H3,(H,22,23). The first-order valence-electron chi connectivity index (χ1n) is 6.58. The molecule has 1 aromatic carbocycles. The molecule has 1 aromatic heterocycles. The Bertz CT molecular complexity index is 738. The highest BCUT2D eigenvalue weighted by molar-refractivity contribution is 6.15. The number of aromatic nitrogens is 1. The molecule has 4 nitrogen and oxygen atoms in total. The lowest BCUT2D eigenvalue weighted by Gasteiger charge is -2.09. The number of hydrogen-bond acceptors (Lipinski definition) is 3. The van der Waals surface area contributed by atoms with E-state index in [1.807, 2.05) is 19.1 Å². The van der Waals surface area contributed by atoms with Gasteiger partial charge in [-0.15, -0.1) is 0 Å². The van der Waals surface area contributed by atoms with Crippen molar-refractivity contribution in [1.29, 1.82) is 0 Å². The van der Waals surface area contributed by atoms with Gasteiger partial charge in [-0.1, -0.05) is 24.3 Å². The average Bonchev–Trinajstić information content (AvgIpc) is 2.48. The van der Waals surface area contributed by atoms with Crippen LogP contribution in [0.1, 0.15) is 16.8 Å². The van der Waals surface area contributed by atoms with Gasteiger partial charge in [-0.2, -0.15) is 13.2 Å². The van der Waals surface area contributed by atoms with E-state index in [0.29, 0.717) is 5.69 Å². The molecule has 0 aliphatic heterocycles. The van der Waals surface area contributed by atoms with Crippen LogP contribution in [0.25, 0.3) is 5.57 Å². The minimum Gasteiger partial charge on any atom is -0.478 e. The van der Waals surface area contributed by atoms with Crippen molar-refractivity contribution in [2.24, 2.45) is 0 Å². The monoisotopic (exact) mass is 322 g/mol. The number of carboxylic acids is 1. The number of anilines is 1. The first-order chi connectivity index (χ1) is 10.8. The van der Waals surface area contributed by atoms with Gasteiger partial charge in [-0.25, -0.2) is 4.79 Å². The van der Waals surface area contributed by atoms with E-state index in [4.69, 9.17) is 0 Å². The molecule has 0 amide bonds. The molecule has 7 heteroatoms. The third-order valence-corrected chi connectivity index (χ3v) is 3.11. The van der Waals surface area contributed by atoms with Crippen LogP contribution in [0.4, 0.5) is 18.9 Å². The molecular weight excluding hydrogens is 309 g/mol. The Labute approximate surface area is 130 Å². The van der Waals surface area contributed by atoms with Gasteiger partial charge in [0.2, 0.25) is 0 Å². The summed E-state index contributed by atoms with van der Waals surface area (Å²) in [5, 5.41) is 12.1. The van der Waals surface area contributed by atoms with E-state index in [-0.39, 0.29) is 11.1 Å². The molecule has 120 valence electrons. The van der Waals surface area contributed by atoms with E-state index >= 15 is 0 Å². The fourth-order valence-electron chi connectivity index (χ4n) is 1.87. The van der Waals surface area contributed by atoms with Gasteiger partial charge < -0.3 is 10.4 Å². The lowest BCUT2D eigenvalue weighted by atomic mass is 10.1.